The summed E-state index contributed by atoms with van der Waals surface area (Å²) in [5, 5.41) is 12.8. The fourth-order valence-corrected chi connectivity index (χ4v) is 1.69. The average molecular weight is 246 g/mol. The molecule has 0 unspecified atom stereocenters. The van der Waals surface area contributed by atoms with Crippen LogP contribution < -0.4 is 10.1 Å². The second-order valence-corrected chi connectivity index (χ2v) is 3.51. The van der Waals surface area contributed by atoms with Crippen LogP contribution in [0, 0.1) is 0 Å². The van der Waals surface area contributed by atoms with Gasteiger partial charge < -0.3 is 19.9 Å². The molecule has 0 bridgehead atoms. The molecule has 1 aromatic rings. The molecule has 1 aliphatic rings. The number of methoxy groups -OCH3 is 1. The van der Waals surface area contributed by atoms with E-state index in [-0.39, 0.29) is 24.2 Å². The third-order valence-electron chi connectivity index (χ3n) is 2.53. The van der Waals surface area contributed by atoms with Gasteiger partial charge in [-0.2, -0.15) is 0 Å². The molecule has 1 aromatic carbocycles. The van der Waals surface area contributed by atoms with Gasteiger partial charge in [-0.3, -0.25) is 0 Å². The molecule has 0 saturated carbocycles. The Morgan fingerprint density at radius 1 is 1.50 bits per heavy atom. The lowest BCUT2D eigenvalue weighted by Gasteiger charge is -2.24. The van der Waals surface area contributed by atoms with Crippen LogP contribution in [0.1, 0.15) is 11.6 Å². The van der Waals surface area contributed by atoms with E-state index in [0.29, 0.717) is 12.4 Å². The number of hydrogen-bond acceptors (Lipinski definition) is 4. The second kappa shape index (κ2) is 5.94. The van der Waals surface area contributed by atoms with Crippen LogP contribution in [0.15, 0.2) is 18.2 Å². The predicted molar refractivity (Wildman–Crippen MR) is 63.5 cm³/mol. The summed E-state index contributed by atoms with van der Waals surface area (Å²) in [6.07, 6.45) is 0. The Morgan fingerprint density at radius 3 is 2.94 bits per heavy atom. The largest absolute Gasteiger partial charge is 0.504 e. The van der Waals surface area contributed by atoms with Gasteiger partial charge >= 0.3 is 0 Å². The van der Waals surface area contributed by atoms with Gasteiger partial charge in [-0.25, -0.2) is 0 Å². The zero-order valence-electron chi connectivity index (χ0n) is 9.10. The first-order valence-corrected chi connectivity index (χ1v) is 4.99. The molecule has 1 saturated heterocycles. The van der Waals surface area contributed by atoms with Gasteiger partial charge in [-0.1, -0.05) is 6.07 Å². The fraction of sp³-hybridized carbons (Fsp3) is 0.455. The Labute approximate surface area is 101 Å². The number of hydrogen-bond donors (Lipinski definition) is 2. The lowest BCUT2D eigenvalue weighted by Crippen LogP contribution is -2.34. The summed E-state index contributed by atoms with van der Waals surface area (Å²) in [7, 11) is 1.55. The highest BCUT2D eigenvalue weighted by Crippen LogP contribution is 2.29. The minimum atomic E-state index is 0. The summed E-state index contributed by atoms with van der Waals surface area (Å²) in [6, 6.07) is 5.55. The van der Waals surface area contributed by atoms with E-state index in [9.17, 15) is 5.11 Å². The molecular formula is C11H16ClNO3. The van der Waals surface area contributed by atoms with E-state index in [1.54, 1.807) is 13.2 Å². The van der Waals surface area contributed by atoms with Gasteiger partial charge in [0.1, 0.15) is 0 Å². The van der Waals surface area contributed by atoms with Crippen molar-refractivity contribution in [2.75, 3.05) is 26.9 Å². The minimum Gasteiger partial charge on any atom is -0.504 e. The molecule has 5 heteroatoms. The zero-order chi connectivity index (χ0) is 10.7. The Morgan fingerprint density at radius 2 is 2.31 bits per heavy atom. The van der Waals surface area contributed by atoms with Crippen LogP contribution in [0.5, 0.6) is 11.5 Å². The van der Waals surface area contributed by atoms with Crippen LogP contribution >= 0.6 is 12.4 Å². The first-order chi connectivity index (χ1) is 7.31. The van der Waals surface area contributed by atoms with Crippen LogP contribution in [0.2, 0.25) is 0 Å². The van der Waals surface area contributed by atoms with E-state index in [1.165, 1.54) is 0 Å². The maximum atomic E-state index is 9.46. The third-order valence-corrected chi connectivity index (χ3v) is 2.53. The lowest BCUT2D eigenvalue weighted by atomic mass is 10.1. The highest BCUT2D eigenvalue weighted by Gasteiger charge is 2.16. The van der Waals surface area contributed by atoms with Gasteiger partial charge in [0.15, 0.2) is 11.5 Å². The standard InChI is InChI=1S/C11H15NO3.ClH/c1-14-11-6-8(2-3-10(11)13)9-7-15-5-4-12-9;/h2-3,6,9,12-13H,4-5,7H2,1H3;1H/t9-;/m1./s1. The van der Waals surface area contributed by atoms with Crippen molar-refractivity contribution in [1.29, 1.82) is 0 Å². The predicted octanol–water partition coefficient (Wildman–Crippen LogP) is 1.48. The van der Waals surface area contributed by atoms with Crippen molar-refractivity contribution >= 4 is 12.4 Å². The summed E-state index contributed by atoms with van der Waals surface area (Å²) in [5.41, 5.74) is 1.07. The van der Waals surface area contributed by atoms with Crippen LogP contribution in [-0.2, 0) is 4.74 Å². The van der Waals surface area contributed by atoms with Crippen molar-refractivity contribution in [2.24, 2.45) is 0 Å². The van der Waals surface area contributed by atoms with Crippen molar-refractivity contribution in [3.63, 3.8) is 0 Å². The summed E-state index contributed by atoms with van der Waals surface area (Å²) >= 11 is 0. The molecule has 0 aromatic heterocycles. The van der Waals surface area contributed by atoms with Crippen molar-refractivity contribution in [3.05, 3.63) is 23.8 Å². The lowest BCUT2D eigenvalue weighted by molar-refractivity contribution is 0.0768. The van der Waals surface area contributed by atoms with Gasteiger partial charge in [-0.15, -0.1) is 12.4 Å². The maximum absolute atomic E-state index is 9.46. The van der Waals surface area contributed by atoms with Crippen LogP contribution in [0.3, 0.4) is 0 Å². The van der Waals surface area contributed by atoms with Gasteiger partial charge in [0.05, 0.1) is 26.4 Å². The van der Waals surface area contributed by atoms with Crippen LogP contribution in [0.25, 0.3) is 0 Å². The van der Waals surface area contributed by atoms with Gasteiger partial charge in [0.25, 0.3) is 0 Å². The SMILES string of the molecule is COc1cc([C@H]2COCCN2)ccc1O.Cl. The Bertz CT molecular complexity index is 340. The molecule has 0 spiro atoms. The maximum Gasteiger partial charge on any atom is 0.160 e. The molecule has 0 amide bonds. The average Bonchev–Trinajstić information content (AvgIpc) is 2.31. The molecule has 2 N–H and O–H groups in total. The first-order valence-electron chi connectivity index (χ1n) is 4.99. The van der Waals surface area contributed by atoms with Crippen molar-refractivity contribution in [2.45, 2.75) is 6.04 Å². The van der Waals surface area contributed by atoms with E-state index in [4.69, 9.17) is 9.47 Å². The highest BCUT2D eigenvalue weighted by atomic mass is 35.5. The Kier molecular flexibility index (Phi) is 4.86. The van der Waals surface area contributed by atoms with Gasteiger partial charge in [0.2, 0.25) is 0 Å². The topological polar surface area (TPSA) is 50.7 Å². The number of benzene rings is 1. The minimum absolute atomic E-state index is 0. The van der Waals surface area contributed by atoms with Crippen molar-refractivity contribution in [3.8, 4) is 11.5 Å². The van der Waals surface area contributed by atoms with Gasteiger partial charge in [0, 0.05) is 6.54 Å². The molecule has 90 valence electrons. The monoisotopic (exact) mass is 245 g/mol. The number of halogens is 1. The number of phenolic OH excluding ortho intramolecular Hbond substituents is 1. The number of aromatic hydroxyl groups is 1. The Hall–Kier alpha value is -0.970. The van der Waals surface area contributed by atoms with Crippen molar-refractivity contribution in [1.82, 2.24) is 5.32 Å². The van der Waals surface area contributed by atoms with E-state index in [1.807, 2.05) is 12.1 Å². The van der Waals surface area contributed by atoms with Crippen LogP contribution in [-0.4, -0.2) is 32.0 Å². The molecule has 1 aliphatic heterocycles. The zero-order valence-corrected chi connectivity index (χ0v) is 9.92. The second-order valence-electron chi connectivity index (χ2n) is 3.51. The summed E-state index contributed by atoms with van der Waals surface area (Å²) in [5.74, 6) is 0.665. The summed E-state index contributed by atoms with van der Waals surface area (Å²) in [6.45, 7) is 2.27. The number of morpholine rings is 1. The third kappa shape index (κ3) is 2.78. The summed E-state index contributed by atoms with van der Waals surface area (Å²) < 4.78 is 10.4. The number of ether oxygens (including phenoxy) is 2. The number of phenols is 1. The molecule has 1 heterocycles. The summed E-state index contributed by atoms with van der Waals surface area (Å²) in [4.78, 5) is 0. The number of nitrogens with one attached hydrogen (secondary N) is 1. The van der Waals surface area contributed by atoms with Crippen LogP contribution in [0.4, 0.5) is 0 Å². The molecule has 4 nitrogen and oxygen atoms in total. The smallest absolute Gasteiger partial charge is 0.160 e. The first kappa shape index (κ1) is 13.1. The molecule has 1 atom stereocenters. The molecule has 2 rings (SSSR count). The van der Waals surface area contributed by atoms with Gasteiger partial charge in [-0.05, 0) is 17.7 Å². The molecule has 16 heavy (non-hydrogen) atoms. The molecule has 0 radical (unpaired) electrons. The molecular weight excluding hydrogens is 230 g/mol. The Balaban J connectivity index is 0.00000128. The van der Waals surface area contributed by atoms with E-state index < -0.39 is 0 Å². The van der Waals surface area contributed by atoms with Crippen molar-refractivity contribution < 1.29 is 14.6 Å². The molecule has 1 fully saturated rings. The molecule has 0 aliphatic carbocycles. The number of rotatable bonds is 2. The fourth-order valence-electron chi connectivity index (χ4n) is 1.69. The quantitative estimate of drug-likeness (QED) is 0.829. The highest BCUT2D eigenvalue weighted by molar-refractivity contribution is 5.85. The van der Waals surface area contributed by atoms with E-state index in [2.05, 4.69) is 5.32 Å². The van der Waals surface area contributed by atoms with E-state index >= 15 is 0 Å². The normalized spacial score (nSPS) is 19.9. The van der Waals surface area contributed by atoms with E-state index in [0.717, 1.165) is 18.7 Å².